The highest BCUT2D eigenvalue weighted by Gasteiger charge is 2.16. The van der Waals surface area contributed by atoms with E-state index in [2.05, 4.69) is 15.8 Å². The lowest BCUT2D eigenvalue weighted by atomic mass is 10.1. The second-order valence-corrected chi connectivity index (χ2v) is 4.91. The maximum Gasteiger partial charge on any atom is 0.319 e. The molecule has 1 aromatic rings. The topological polar surface area (TPSA) is 99.7 Å². The minimum atomic E-state index is -0.534. The predicted octanol–water partition coefficient (Wildman–Crippen LogP) is 3.03. The van der Waals surface area contributed by atoms with Crippen LogP contribution in [0, 0.1) is 0 Å². The summed E-state index contributed by atoms with van der Waals surface area (Å²) in [6, 6.07) is 3.71. The Morgan fingerprint density at radius 2 is 2.15 bits per heavy atom. The molecule has 0 heterocycles. The third-order valence-corrected chi connectivity index (χ3v) is 3.27. The number of nitrogens with two attached hydrogens (primary N) is 1. The molecule has 0 saturated carbocycles. The molecule has 0 aromatic heterocycles. The highest BCUT2D eigenvalue weighted by Crippen LogP contribution is 2.24. The van der Waals surface area contributed by atoms with Crippen molar-refractivity contribution in [1.82, 2.24) is 5.32 Å². The lowest BCUT2D eigenvalue weighted by molar-refractivity contribution is 0.250. The van der Waals surface area contributed by atoms with Gasteiger partial charge >= 0.3 is 6.03 Å². The highest BCUT2D eigenvalue weighted by molar-refractivity contribution is 6.42. The molecular formula is C12H16Cl2N4O2. The van der Waals surface area contributed by atoms with Gasteiger partial charge in [0, 0.05) is 5.69 Å². The van der Waals surface area contributed by atoms with Crippen LogP contribution in [0.4, 0.5) is 10.5 Å². The smallest absolute Gasteiger partial charge is 0.319 e. The number of halogens is 2. The van der Waals surface area contributed by atoms with Gasteiger partial charge in [-0.05, 0) is 24.6 Å². The number of anilines is 1. The maximum atomic E-state index is 11.8. The van der Waals surface area contributed by atoms with E-state index in [4.69, 9.17) is 34.1 Å². The number of carbonyl (C=O) groups excluding carboxylic acids is 1. The Hall–Kier alpha value is -1.66. The fraction of sp³-hybridized carbons (Fsp3) is 0.333. The van der Waals surface area contributed by atoms with Crippen LogP contribution in [-0.4, -0.2) is 23.1 Å². The van der Waals surface area contributed by atoms with Gasteiger partial charge in [-0.15, -0.1) is 0 Å². The lowest BCUT2D eigenvalue weighted by Crippen LogP contribution is -2.46. The molecule has 1 aromatic carbocycles. The van der Waals surface area contributed by atoms with Crippen LogP contribution in [0.2, 0.25) is 10.0 Å². The molecular weight excluding hydrogens is 303 g/mol. The van der Waals surface area contributed by atoms with Crippen molar-refractivity contribution in [2.75, 3.05) is 5.32 Å². The quantitative estimate of drug-likeness (QED) is 0.290. The number of amidine groups is 1. The molecule has 1 unspecified atom stereocenters. The minimum absolute atomic E-state index is 0.0452. The molecule has 5 N–H and O–H groups in total. The average Bonchev–Trinajstić information content (AvgIpc) is 2.41. The van der Waals surface area contributed by atoms with Crippen molar-refractivity contribution in [2.45, 2.75) is 25.8 Å². The second kappa shape index (κ2) is 7.81. The maximum absolute atomic E-state index is 11.8. The van der Waals surface area contributed by atoms with Gasteiger partial charge in [-0.1, -0.05) is 41.7 Å². The molecule has 6 nitrogen and oxygen atoms in total. The SMILES string of the molecule is CCCC(NC(=O)Nc1ccc(Cl)c(Cl)c1)/C(N)=N/O. The van der Waals surface area contributed by atoms with Crippen molar-refractivity contribution in [3.05, 3.63) is 28.2 Å². The van der Waals surface area contributed by atoms with E-state index in [0.717, 1.165) is 6.42 Å². The summed E-state index contributed by atoms with van der Waals surface area (Å²) in [6.07, 6.45) is 1.33. The third kappa shape index (κ3) is 4.79. The molecule has 1 rings (SSSR count). The normalized spacial score (nSPS) is 12.8. The van der Waals surface area contributed by atoms with Gasteiger partial charge in [0.15, 0.2) is 5.84 Å². The molecule has 0 radical (unpaired) electrons. The number of benzene rings is 1. The molecule has 20 heavy (non-hydrogen) atoms. The number of nitrogens with zero attached hydrogens (tertiary/aromatic N) is 1. The Kier molecular flexibility index (Phi) is 6.41. The second-order valence-electron chi connectivity index (χ2n) is 4.09. The molecule has 0 bridgehead atoms. The van der Waals surface area contributed by atoms with Gasteiger partial charge in [0.1, 0.15) is 0 Å². The van der Waals surface area contributed by atoms with Gasteiger partial charge in [-0.25, -0.2) is 4.79 Å². The van der Waals surface area contributed by atoms with Gasteiger partial charge in [0.05, 0.1) is 16.1 Å². The van der Waals surface area contributed by atoms with Crippen LogP contribution in [0.15, 0.2) is 23.4 Å². The van der Waals surface area contributed by atoms with Crippen LogP contribution in [0.3, 0.4) is 0 Å². The molecule has 110 valence electrons. The van der Waals surface area contributed by atoms with Crippen LogP contribution < -0.4 is 16.4 Å². The Balaban J connectivity index is 2.67. The number of amides is 2. The van der Waals surface area contributed by atoms with Gasteiger partial charge < -0.3 is 21.6 Å². The number of oxime groups is 1. The summed E-state index contributed by atoms with van der Waals surface area (Å²) < 4.78 is 0. The van der Waals surface area contributed by atoms with E-state index in [0.29, 0.717) is 22.2 Å². The standard InChI is InChI=1S/C12H16Cl2N4O2/c1-2-3-10(11(15)18-20)17-12(19)16-7-4-5-8(13)9(14)6-7/h4-6,10,20H,2-3H2,1H3,(H2,15,18)(H2,16,17,19). The first-order chi connectivity index (χ1) is 9.47. The zero-order chi connectivity index (χ0) is 15.1. The monoisotopic (exact) mass is 318 g/mol. The lowest BCUT2D eigenvalue weighted by Gasteiger charge is -2.17. The van der Waals surface area contributed by atoms with Crippen LogP contribution >= 0.6 is 23.2 Å². The first-order valence-corrected chi connectivity index (χ1v) is 6.73. The first kappa shape index (κ1) is 16.4. The van der Waals surface area contributed by atoms with E-state index < -0.39 is 12.1 Å². The van der Waals surface area contributed by atoms with E-state index in [1.54, 1.807) is 12.1 Å². The number of urea groups is 1. The van der Waals surface area contributed by atoms with Crippen LogP contribution in [0.5, 0.6) is 0 Å². The van der Waals surface area contributed by atoms with Crippen molar-refractivity contribution < 1.29 is 10.0 Å². The van der Waals surface area contributed by atoms with Crippen molar-refractivity contribution in [3.63, 3.8) is 0 Å². The Morgan fingerprint density at radius 1 is 1.45 bits per heavy atom. The summed E-state index contributed by atoms with van der Waals surface area (Å²) in [6.45, 7) is 1.93. The molecule has 0 fully saturated rings. The molecule has 8 heteroatoms. The summed E-state index contributed by atoms with van der Waals surface area (Å²) in [5.74, 6) is -0.0452. The number of hydrogen-bond acceptors (Lipinski definition) is 3. The van der Waals surface area contributed by atoms with Gasteiger partial charge in [0.2, 0.25) is 0 Å². The molecule has 0 spiro atoms. The Bertz CT molecular complexity index is 508. The minimum Gasteiger partial charge on any atom is -0.409 e. The van der Waals surface area contributed by atoms with Crippen molar-refractivity contribution in [2.24, 2.45) is 10.9 Å². The van der Waals surface area contributed by atoms with Gasteiger partial charge in [-0.3, -0.25) is 0 Å². The zero-order valence-corrected chi connectivity index (χ0v) is 12.4. The van der Waals surface area contributed by atoms with E-state index in [-0.39, 0.29) is 5.84 Å². The van der Waals surface area contributed by atoms with E-state index in [1.807, 2.05) is 6.92 Å². The first-order valence-electron chi connectivity index (χ1n) is 5.98. The Morgan fingerprint density at radius 3 is 2.70 bits per heavy atom. The summed E-state index contributed by atoms with van der Waals surface area (Å²) in [5, 5.41) is 17.5. The zero-order valence-electron chi connectivity index (χ0n) is 10.9. The van der Waals surface area contributed by atoms with Gasteiger partial charge in [0.25, 0.3) is 0 Å². The van der Waals surface area contributed by atoms with Crippen LogP contribution in [0.25, 0.3) is 0 Å². The average molecular weight is 319 g/mol. The number of rotatable bonds is 5. The van der Waals surface area contributed by atoms with E-state index in [1.165, 1.54) is 6.07 Å². The van der Waals surface area contributed by atoms with Crippen molar-refractivity contribution in [1.29, 1.82) is 0 Å². The van der Waals surface area contributed by atoms with Crippen molar-refractivity contribution >= 4 is 40.8 Å². The van der Waals surface area contributed by atoms with E-state index >= 15 is 0 Å². The predicted molar refractivity (Wildman–Crippen MR) is 80.7 cm³/mol. The summed E-state index contributed by atoms with van der Waals surface area (Å²) in [4.78, 5) is 11.8. The fourth-order valence-electron chi connectivity index (χ4n) is 1.55. The summed E-state index contributed by atoms with van der Waals surface area (Å²) >= 11 is 11.6. The number of nitrogens with one attached hydrogen (secondary N) is 2. The summed E-state index contributed by atoms with van der Waals surface area (Å²) in [5.41, 5.74) is 6.00. The Labute approximate surface area is 126 Å². The molecule has 0 saturated heterocycles. The molecule has 2 amide bonds. The van der Waals surface area contributed by atoms with Crippen molar-refractivity contribution in [3.8, 4) is 0 Å². The summed E-state index contributed by atoms with van der Waals surface area (Å²) in [7, 11) is 0. The van der Waals surface area contributed by atoms with Crippen LogP contribution in [-0.2, 0) is 0 Å². The molecule has 1 atom stereocenters. The highest BCUT2D eigenvalue weighted by atomic mass is 35.5. The molecule has 0 aliphatic heterocycles. The van der Waals surface area contributed by atoms with Crippen LogP contribution in [0.1, 0.15) is 19.8 Å². The fourth-order valence-corrected chi connectivity index (χ4v) is 1.85. The number of hydrogen-bond donors (Lipinski definition) is 4. The van der Waals surface area contributed by atoms with Gasteiger partial charge in [-0.2, -0.15) is 0 Å². The van der Waals surface area contributed by atoms with E-state index in [9.17, 15) is 4.79 Å². The third-order valence-electron chi connectivity index (χ3n) is 2.53. The largest absolute Gasteiger partial charge is 0.409 e. The number of carbonyl (C=O) groups is 1. The molecule has 0 aliphatic carbocycles. The molecule has 0 aliphatic rings.